The van der Waals surface area contributed by atoms with Gasteiger partial charge in [-0.05, 0) is 29.8 Å². The smallest absolute Gasteiger partial charge is 0.241 e. The van der Waals surface area contributed by atoms with E-state index in [0.29, 0.717) is 11.3 Å². The first kappa shape index (κ1) is 18.6. The lowest BCUT2D eigenvalue weighted by Gasteiger charge is -2.20. The summed E-state index contributed by atoms with van der Waals surface area (Å²) in [5.74, 6) is -1.63. The SMILES string of the molecule is CC(=O)Nc1ccc(S(=O)(=O)N[C@H](CC(=O)[O-])c2ccccc2)cc1. The van der Waals surface area contributed by atoms with Crippen molar-refractivity contribution in [2.45, 2.75) is 24.3 Å². The summed E-state index contributed by atoms with van der Waals surface area (Å²) in [5.41, 5.74) is 0.978. The fraction of sp³-hybridized carbons (Fsp3) is 0.176. The van der Waals surface area contributed by atoms with Crippen LogP contribution in [-0.4, -0.2) is 20.3 Å². The fourth-order valence-electron chi connectivity index (χ4n) is 2.26. The minimum Gasteiger partial charge on any atom is -0.550 e. The minimum absolute atomic E-state index is 0.0409. The predicted molar refractivity (Wildman–Crippen MR) is 89.9 cm³/mol. The van der Waals surface area contributed by atoms with Gasteiger partial charge in [-0.25, -0.2) is 13.1 Å². The first-order valence-electron chi connectivity index (χ1n) is 7.43. The van der Waals surface area contributed by atoms with Crippen LogP contribution in [0.25, 0.3) is 0 Å². The molecule has 2 aromatic carbocycles. The molecule has 132 valence electrons. The van der Waals surface area contributed by atoms with Gasteiger partial charge in [0.05, 0.1) is 10.9 Å². The first-order valence-corrected chi connectivity index (χ1v) is 8.91. The molecule has 0 heterocycles. The number of carboxylic acid groups (broad SMARTS) is 1. The van der Waals surface area contributed by atoms with Crippen molar-refractivity contribution in [3.8, 4) is 0 Å². The highest BCUT2D eigenvalue weighted by Gasteiger charge is 2.21. The second-order valence-electron chi connectivity index (χ2n) is 5.37. The van der Waals surface area contributed by atoms with E-state index in [9.17, 15) is 23.1 Å². The molecule has 0 aliphatic rings. The molecule has 0 radical (unpaired) electrons. The summed E-state index contributed by atoms with van der Waals surface area (Å²) in [6.07, 6.45) is -0.493. The molecular weight excluding hydrogens is 344 g/mol. The average molecular weight is 361 g/mol. The third kappa shape index (κ3) is 5.40. The van der Waals surface area contributed by atoms with Crippen LogP contribution in [0.2, 0.25) is 0 Å². The number of rotatable bonds is 7. The number of benzene rings is 2. The van der Waals surface area contributed by atoms with E-state index >= 15 is 0 Å². The molecule has 2 aromatic rings. The number of hydrogen-bond acceptors (Lipinski definition) is 5. The Kier molecular flexibility index (Phi) is 5.89. The molecule has 0 spiro atoms. The van der Waals surface area contributed by atoms with E-state index in [-0.39, 0.29) is 10.8 Å². The number of carbonyl (C=O) groups is 2. The average Bonchev–Trinajstić information content (AvgIpc) is 2.54. The van der Waals surface area contributed by atoms with Crippen molar-refractivity contribution in [2.75, 3.05) is 5.32 Å². The lowest BCUT2D eigenvalue weighted by atomic mass is 10.1. The quantitative estimate of drug-likeness (QED) is 0.757. The Morgan fingerprint density at radius 3 is 2.16 bits per heavy atom. The molecule has 7 nitrogen and oxygen atoms in total. The van der Waals surface area contributed by atoms with Crippen molar-refractivity contribution < 1.29 is 23.1 Å². The van der Waals surface area contributed by atoms with Gasteiger partial charge in [-0.1, -0.05) is 30.3 Å². The Balaban J connectivity index is 2.24. The van der Waals surface area contributed by atoms with Gasteiger partial charge in [0.15, 0.2) is 0 Å². The number of sulfonamides is 1. The Morgan fingerprint density at radius 1 is 1.04 bits per heavy atom. The third-order valence-corrected chi connectivity index (χ3v) is 4.84. The van der Waals surface area contributed by atoms with Crippen LogP contribution in [0, 0.1) is 0 Å². The molecule has 2 rings (SSSR count). The minimum atomic E-state index is -3.95. The monoisotopic (exact) mass is 361 g/mol. The number of nitrogens with one attached hydrogen (secondary N) is 2. The van der Waals surface area contributed by atoms with E-state index in [4.69, 9.17) is 0 Å². The molecular formula is C17H17N2O5S-. The van der Waals surface area contributed by atoms with Crippen LogP contribution in [0.15, 0.2) is 59.5 Å². The van der Waals surface area contributed by atoms with E-state index in [2.05, 4.69) is 10.0 Å². The normalized spacial score (nSPS) is 12.4. The predicted octanol–water partition coefficient (Wildman–Crippen LogP) is 0.805. The molecule has 0 saturated carbocycles. The zero-order chi connectivity index (χ0) is 18.4. The van der Waals surface area contributed by atoms with Gasteiger partial charge in [-0.3, -0.25) is 4.79 Å². The van der Waals surface area contributed by atoms with Crippen molar-refractivity contribution in [1.82, 2.24) is 4.72 Å². The second kappa shape index (κ2) is 7.91. The van der Waals surface area contributed by atoms with Gasteiger partial charge in [0.1, 0.15) is 0 Å². The van der Waals surface area contributed by atoms with Gasteiger partial charge in [0.25, 0.3) is 0 Å². The number of anilines is 1. The van der Waals surface area contributed by atoms with E-state index in [1.807, 2.05) is 0 Å². The zero-order valence-electron chi connectivity index (χ0n) is 13.4. The van der Waals surface area contributed by atoms with Crippen LogP contribution < -0.4 is 15.1 Å². The highest BCUT2D eigenvalue weighted by molar-refractivity contribution is 7.89. The van der Waals surface area contributed by atoms with Crippen LogP contribution in [0.5, 0.6) is 0 Å². The summed E-state index contributed by atoms with van der Waals surface area (Å²) in [5, 5.41) is 13.5. The van der Waals surface area contributed by atoms with E-state index in [0.717, 1.165) is 0 Å². The zero-order valence-corrected chi connectivity index (χ0v) is 14.2. The largest absolute Gasteiger partial charge is 0.550 e. The van der Waals surface area contributed by atoms with Crippen molar-refractivity contribution in [3.05, 3.63) is 60.2 Å². The summed E-state index contributed by atoms with van der Waals surface area (Å²) < 4.78 is 27.4. The molecule has 0 bridgehead atoms. The molecule has 0 aliphatic carbocycles. The number of aliphatic carboxylic acids is 1. The van der Waals surface area contributed by atoms with Gasteiger partial charge in [0, 0.05) is 25.0 Å². The summed E-state index contributed by atoms with van der Waals surface area (Å²) in [6.45, 7) is 1.34. The Labute approximate surface area is 145 Å². The second-order valence-corrected chi connectivity index (χ2v) is 7.08. The first-order chi connectivity index (χ1) is 11.8. The summed E-state index contributed by atoms with van der Waals surface area (Å²) in [6, 6.07) is 13.0. The molecule has 1 amide bonds. The maximum absolute atomic E-state index is 12.5. The topological polar surface area (TPSA) is 115 Å². The molecule has 0 saturated heterocycles. The Bertz CT molecular complexity index is 848. The molecule has 1 atom stereocenters. The lowest BCUT2D eigenvalue weighted by molar-refractivity contribution is -0.306. The van der Waals surface area contributed by atoms with Gasteiger partial charge < -0.3 is 15.2 Å². The van der Waals surface area contributed by atoms with Crippen LogP contribution in [0.1, 0.15) is 24.9 Å². The van der Waals surface area contributed by atoms with Crippen molar-refractivity contribution in [1.29, 1.82) is 0 Å². The van der Waals surface area contributed by atoms with E-state index in [1.165, 1.54) is 31.2 Å². The number of hydrogen-bond donors (Lipinski definition) is 2. The Hall–Kier alpha value is -2.71. The van der Waals surface area contributed by atoms with Crippen molar-refractivity contribution in [2.24, 2.45) is 0 Å². The lowest BCUT2D eigenvalue weighted by Crippen LogP contribution is -2.34. The number of amides is 1. The highest BCUT2D eigenvalue weighted by Crippen LogP contribution is 2.21. The number of carboxylic acids is 1. The molecule has 0 unspecified atom stereocenters. The summed E-state index contributed by atoms with van der Waals surface area (Å²) >= 11 is 0. The van der Waals surface area contributed by atoms with Crippen molar-refractivity contribution >= 4 is 27.6 Å². The molecule has 0 fully saturated rings. The fourth-order valence-corrected chi connectivity index (χ4v) is 3.48. The molecule has 0 aliphatic heterocycles. The maximum atomic E-state index is 12.5. The van der Waals surface area contributed by atoms with Crippen LogP contribution in [0.4, 0.5) is 5.69 Å². The highest BCUT2D eigenvalue weighted by atomic mass is 32.2. The summed E-state index contributed by atoms with van der Waals surface area (Å²) in [7, 11) is -3.95. The van der Waals surface area contributed by atoms with Gasteiger partial charge in [-0.2, -0.15) is 0 Å². The van der Waals surface area contributed by atoms with E-state index in [1.54, 1.807) is 30.3 Å². The van der Waals surface area contributed by atoms with Crippen LogP contribution in [0.3, 0.4) is 0 Å². The van der Waals surface area contributed by atoms with Gasteiger partial charge >= 0.3 is 0 Å². The number of carbonyl (C=O) groups excluding carboxylic acids is 2. The molecule has 8 heteroatoms. The van der Waals surface area contributed by atoms with E-state index < -0.39 is 28.5 Å². The standard InChI is InChI=1S/C17H18N2O5S/c1-12(20)18-14-7-9-15(10-8-14)25(23,24)19-16(11-17(21)22)13-5-3-2-4-6-13/h2-10,16,19H,11H2,1H3,(H,18,20)(H,21,22)/p-1/t16-/m1/s1. The molecule has 25 heavy (non-hydrogen) atoms. The molecule has 2 N–H and O–H groups in total. The Morgan fingerprint density at radius 2 is 1.64 bits per heavy atom. The van der Waals surface area contributed by atoms with Gasteiger partial charge in [-0.15, -0.1) is 0 Å². The summed E-state index contributed by atoms with van der Waals surface area (Å²) in [4.78, 5) is 21.9. The maximum Gasteiger partial charge on any atom is 0.241 e. The van der Waals surface area contributed by atoms with Crippen molar-refractivity contribution in [3.63, 3.8) is 0 Å². The third-order valence-electron chi connectivity index (χ3n) is 3.36. The van der Waals surface area contributed by atoms with Gasteiger partial charge in [0.2, 0.25) is 15.9 Å². The molecule has 0 aromatic heterocycles. The van der Waals surface area contributed by atoms with Crippen LogP contribution >= 0.6 is 0 Å². The van der Waals surface area contributed by atoms with Crippen LogP contribution in [-0.2, 0) is 19.6 Å².